The number of rotatable bonds is 5. The van der Waals surface area contributed by atoms with Crippen LogP contribution in [0.3, 0.4) is 0 Å². The number of nitrogens with one attached hydrogen (secondary N) is 2. The fourth-order valence-electron chi connectivity index (χ4n) is 3.78. The van der Waals surface area contributed by atoms with Crippen molar-refractivity contribution in [2.45, 2.75) is 51.1 Å². The van der Waals surface area contributed by atoms with Gasteiger partial charge in [0.05, 0.1) is 6.04 Å². The molecular formula is C19H26N2O2. The molecular weight excluding hydrogens is 288 g/mol. The summed E-state index contributed by atoms with van der Waals surface area (Å²) >= 11 is 0. The van der Waals surface area contributed by atoms with E-state index in [0.29, 0.717) is 25.3 Å². The van der Waals surface area contributed by atoms with E-state index in [-0.39, 0.29) is 23.8 Å². The Kier molecular flexibility index (Phi) is 5.44. The summed E-state index contributed by atoms with van der Waals surface area (Å²) in [6.45, 7) is 1.19. The van der Waals surface area contributed by atoms with Crippen molar-refractivity contribution in [1.29, 1.82) is 0 Å². The van der Waals surface area contributed by atoms with E-state index >= 15 is 0 Å². The molecule has 1 aromatic rings. The molecule has 0 bridgehead atoms. The van der Waals surface area contributed by atoms with Crippen LogP contribution < -0.4 is 10.6 Å². The van der Waals surface area contributed by atoms with Crippen molar-refractivity contribution in [3.05, 3.63) is 35.9 Å². The van der Waals surface area contributed by atoms with E-state index in [1.807, 2.05) is 30.3 Å². The third-order valence-corrected chi connectivity index (χ3v) is 5.17. The number of benzene rings is 1. The lowest BCUT2D eigenvalue weighted by atomic mass is 9.81. The fraction of sp³-hybridized carbons (Fsp3) is 0.579. The van der Waals surface area contributed by atoms with Crippen molar-refractivity contribution in [3.63, 3.8) is 0 Å². The van der Waals surface area contributed by atoms with Gasteiger partial charge in [-0.25, -0.2) is 0 Å². The molecule has 2 unspecified atom stereocenters. The zero-order chi connectivity index (χ0) is 16.1. The van der Waals surface area contributed by atoms with E-state index in [1.54, 1.807) is 0 Å². The highest BCUT2D eigenvalue weighted by atomic mass is 16.2. The second-order valence-electron chi connectivity index (χ2n) is 6.83. The maximum absolute atomic E-state index is 12.6. The van der Waals surface area contributed by atoms with Gasteiger partial charge in [0.2, 0.25) is 5.91 Å². The summed E-state index contributed by atoms with van der Waals surface area (Å²) in [7, 11) is 0. The smallest absolute Gasteiger partial charge is 0.237 e. The summed E-state index contributed by atoms with van der Waals surface area (Å²) in [6, 6.07) is 9.67. The summed E-state index contributed by atoms with van der Waals surface area (Å²) in [5.74, 6) is 0.649. The first-order chi connectivity index (χ1) is 11.2. The number of hydrogen-bond acceptors (Lipinski definition) is 3. The molecule has 23 heavy (non-hydrogen) atoms. The average Bonchev–Trinajstić information content (AvgIpc) is 3.11. The van der Waals surface area contributed by atoms with Gasteiger partial charge >= 0.3 is 0 Å². The van der Waals surface area contributed by atoms with E-state index < -0.39 is 0 Å². The van der Waals surface area contributed by atoms with Gasteiger partial charge in [-0.1, -0.05) is 49.6 Å². The van der Waals surface area contributed by atoms with Crippen molar-refractivity contribution >= 4 is 11.7 Å². The second-order valence-corrected chi connectivity index (χ2v) is 6.83. The first-order valence-corrected chi connectivity index (χ1v) is 8.83. The fourth-order valence-corrected chi connectivity index (χ4v) is 3.78. The van der Waals surface area contributed by atoms with E-state index in [2.05, 4.69) is 10.6 Å². The van der Waals surface area contributed by atoms with Gasteiger partial charge in [-0.3, -0.25) is 9.59 Å². The van der Waals surface area contributed by atoms with Crippen molar-refractivity contribution in [3.8, 4) is 0 Å². The van der Waals surface area contributed by atoms with Gasteiger partial charge in [0.15, 0.2) is 0 Å². The van der Waals surface area contributed by atoms with Crippen LogP contribution in [0.25, 0.3) is 0 Å². The molecule has 1 aliphatic carbocycles. The highest BCUT2D eigenvalue weighted by molar-refractivity contribution is 5.87. The molecule has 4 nitrogen and oxygen atoms in total. The molecule has 1 aliphatic heterocycles. The number of carbonyl (C=O) groups excluding carboxylic acids is 2. The third kappa shape index (κ3) is 4.20. The molecule has 3 rings (SSSR count). The molecule has 2 aliphatic rings. The van der Waals surface area contributed by atoms with Gasteiger partial charge in [-0.05, 0) is 24.8 Å². The highest BCUT2D eigenvalue weighted by Gasteiger charge is 2.36. The zero-order valence-corrected chi connectivity index (χ0v) is 13.6. The molecule has 1 aromatic carbocycles. The number of hydrogen-bond donors (Lipinski definition) is 2. The van der Waals surface area contributed by atoms with Gasteiger partial charge in [0, 0.05) is 24.9 Å². The second kappa shape index (κ2) is 7.73. The molecule has 0 radical (unpaired) electrons. The minimum absolute atomic E-state index is 0.00722. The summed E-state index contributed by atoms with van der Waals surface area (Å²) in [5, 5.41) is 6.20. The van der Waals surface area contributed by atoms with E-state index in [4.69, 9.17) is 0 Å². The van der Waals surface area contributed by atoms with Gasteiger partial charge < -0.3 is 10.6 Å². The molecule has 1 heterocycles. The lowest BCUT2D eigenvalue weighted by Gasteiger charge is -2.22. The van der Waals surface area contributed by atoms with Crippen molar-refractivity contribution in [1.82, 2.24) is 10.6 Å². The molecule has 2 atom stereocenters. The Hall–Kier alpha value is -1.68. The van der Waals surface area contributed by atoms with Gasteiger partial charge in [-0.2, -0.15) is 0 Å². The summed E-state index contributed by atoms with van der Waals surface area (Å²) in [6.07, 6.45) is 6.35. The topological polar surface area (TPSA) is 58.2 Å². The first-order valence-electron chi connectivity index (χ1n) is 8.83. The molecule has 1 amide bonds. The largest absolute Gasteiger partial charge is 0.351 e. The van der Waals surface area contributed by atoms with Crippen LogP contribution in [0.2, 0.25) is 0 Å². The summed E-state index contributed by atoms with van der Waals surface area (Å²) < 4.78 is 0. The predicted molar refractivity (Wildman–Crippen MR) is 89.8 cm³/mol. The summed E-state index contributed by atoms with van der Waals surface area (Å²) in [5.41, 5.74) is 1.09. The Balaban J connectivity index is 1.46. The normalized spacial score (nSPS) is 25.2. The van der Waals surface area contributed by atoms with Crippen LogP contribution >= 0.6 is 0 Å². The van der Waals surface area contributed by atoms with Crippen molar-refractivity contribution in [2.75, 3.05) is 6.54 Å². The Morgan fingerprint density at radius 3 is 2.52 bits per heavy atom. The number of amides is 1. The molecule has 0 spiro atoms. The SMILES string of the molecule is O=C(C1CCCCC1)C1CNC(C(=O)NCc2ccccc2)C1. The monoisotopic (exact) mass is 314 g/mol. The highest BCUT2D eigenvalue weighted by Crippen LogP contribution is 2.29. The van der Waals surface area contributed by atoms with Gasteiger partial charge in [-0.15, -0.1) is 0 Å². The standard InChI is InChI=1S/C19H26N2O2/c22-18(15-9-5-2-6-10-15)16-11-17(20-13-16)19(23)21-12-14-7-3-1-4-8-14/h1,3-4,7-8,15-17,20H,2,5-6,9-13H2,(H,21,23). The van der Waals surface area contributed by atoms with Crippen LogP contribution in [0, 0.1) is 11.8 Å². The van der Waals surface area contributed by atoms with Crippen LogP contribution in [0.15, 0.2) is 30.3 Å². The van der Waals surface area contributed by atoms with Crippen LogP contribution in [0.5, 0.6) is 0 Å². The minimum Gasteiger partial charge on any atom is -0.351 e. The molecule has 4 heteroatoms. The van der Waals surface area contributed by atoms with Crippen molar-refractivity contribution < 1.29 is 9.59 Å². The maximum Gasteiger partial charge on any atom is 0.237 e. The van der Waals surface area contributed by atoms with Crippen LogP contribution in [-0.4, -0.2) is 24.3 Å². The third-order valence-electron chi connectivity index (χ3n) is 5.17. The Morgan fingerprint density at radius 2 is 1.78 bits per heavy atom. The molecule has 1 saturated carbocycles. The molecule has 0 aromatic heterocycles. The quantitative estimate of drug-likeness (QED) is 0.877. The summed E-state index contributed by atoms with van der Waals surface area (Å²) in [4.78, 5) is 24.9. The van der Waals surface area contributed by atoms with Crippen LogP contribution in [-0.2, 0) is 16.1 Å². The van der Waals surface area contributed by atoms with Crippen LogP contribution in [0.4, 0.5) is 0 Å². The van der Waals surface area contributed by atoms with Gasteiger partial charge in [0.1, 0.15) is 5.78 Å². The maximum atomic E-state index is 12.6. The number of Topliss-reactive ketones (excluding diaryl/α,β-unsaturated/α-hetero) is 1. The number of carbonyl (C=O) groups is 2. The van der Waals surface area contributed by atoms with Crippen LogP contribution in [0.1, 0.15) is 44.1 Å². The lowest BCUT2D eigenvalue weighted by molar-refractivity contribution is -0.127. The van der Waals surface area contributed by atoms with Crippen molar-refractivity contribution in [2.24, 2.45) is 11.8 Å². The van der Waals surface area contributed by atoms with Gasteiger partial charge in [0.25, 0.3) is 0 Å². The Bertz CT molecular complexity index is 538. The minimum atomic E-state index is -0.226. The first kappa shape index (κ1) is 16.2. The van der Waals surface area contributed by atoms with E-state index in [9.17, 15) is 9.59 Å². The predicted octanol–water partition coefficient (Wildman–Crippen LogP) is 2.43. The molecule has 2 N–H and O–H groups in total. The zero-order valence-electron chi connectivity index (χ0n) is 13.6. The Morgan fingerprint density at radius 1 is 1.04 bits per heavy atom. The average molecular weight is 314 g/mol. The van der Waals surface area contributed by atoms with E-state index in [1.165, 1.54) is 19.3 Å². The molecule has 124 valence electrons. The molecule has 2 fully saturated rings. The van der Waals surface area contributed by atoms with E-state index in [0.717, 1.165) is 18.4 Å². The molecule has 1 saturated heterocycles. The Labute approximate surface area is 138 Å². The lowest BCUT2D eigenvalue weighted by Crippen LogP contribution is -2.39. The number of ketones is 1.